The van der Waals surface area contributed by atoms with Gasteiger partial charge in [-0.1, -0.05) is 25.9 Å². The summed E-state index contributed by atoms with van der Waals surface area (Å²) in [7, 11) is 0. The van der Waals surface area contributed by atoms with Gasteiger partial charge in [0.15, 0.2) is 5.82 Å². The molecule has 1 aliphatic rings. The molecule has 1 aliphatic heterocycles. The third-order valence-corrected chi connectivity index (χ3v) is 3.68. The van der Waals surface area contributed by atoms with Crippen LogP contribution in [0, 0.1) is 0 Å². The SMILES string of the molecule is CC(C)(C)OC(=O)N1CCCC1C(=O)Nc1cc(C(C)(C)C)on1. The number of nitrogens with one attached hydrogen (secondary N) is 1. The lowest BCUT2D eigenvalue weighted by molar-refractivity contribution is -0.120. The number of aromatic nitrogens is 1. The number of nitrogens with zero attached hydrogens (tertiary/aromatic N) is 2. The van der Waals surface area contributed by atoms with Crippen LogP contribution in [-0.4, -0.2) is 40.2 Å². The second kappa shape index (κ2) is 6.45. The third-order valence-electron chi connectivity index (χ3n) is 3.68. The van der Waals surface area contributed by atoms with E-state index in [2.05, 4.69) is 10.5 Å². The first-order valence-electron chi connectivity index (χ1n) is 8.25. The zero-order valence-electron chi connectivity index (χ0n) is 15.3. The van der Waals surface area contributed by atoms with Crippen molar-refractivity contribution in [2.45, 2.75) is 71.4 Å². The monoisotopic (exact) mass is 337 g/mol. The van der Waals surface area contributed by atoms with Crippen molar-refractivity contribution in [2.75, 3.05) is 11.9 Å². The van der Waals surface area contributed by atoms with Gasteiger partial charge in [0.1, 0.15) is 17.4 Å². The summed E-state index contributed by atoms with van der Waals surface area (Å²) < 4.78 is 10.6. The van der Waals surface area contributed by atoms with Crippen molar-refractivity contribution >= 4 is 17.8 Å². The summed E-state index contributed by atoms with van der Waals surface area (Å²) in [4.78, 5) is 26.2. The molecular weight excluding hydrogens is 310 g/mol. The van der Waals surface area contributed by atoms with Gasteiger partial charge in [-0.2, -0.15) is 0 Å². The smallest absolute Gasteiger partial charge is 0.410 e. The topological polar surface area (TPSA) is 84.7 Å². The number of hydrogen-bond acceptors (Lipinski definition) is 5. The molecule has 1 unspecified atom stereocenters. The van der Waals surface area contributed by atoms with E-state index in [1.54, 1.807) is 26.8 Å². The molecule has 0 bridgehead atoms. The van der Waals surface area contributed by atoms with Crippen LogP contribution >= 0.6 is 0 Å². The second-order valence-electron chi connectivity index (χ2n) is 8.15. The van der Waals surface area contributed by atoms with Crippen molar-refractivity contribution in [2.24, 2.45) is 0 Å². The fourth-order valence-corrected chi connectivity index (χ4v) is 2.48. The molecule has 0 aliphatic carbocycles. The van der Waals surface area contributed by atoms with E-state index in [0.29, 0.717) is 24.5 Å². The van der Waals surface area contributed by atoms with Gasteiger partial charge in [0.2, 0.25) is 5.91 Å². The van der Waals surface area contributed by atoms with Gasteiger partial charge in [-0.3, -0.25) is 9.69 Å². The number of hydrogen-bond donors (Lipinski definition) is 1. The minimum atomic E-state index is -0.589. The van der Waals surface area contributed by atoms with E-state index in [4.69, 9.17) is 9.26 Å². The van der Waals surface area contributed by atoms with Crippen molar-refractivity contribution < 1.29 is 18.8 Å². The van der Waals surface area contributed by atoms with E-state index < -0.39 is 17.7 Å². The highest BCUT2D eigenvalue weighted by atomic mass is 16.6. The number of anilines is 1. The quantitative estimate of drug-likeness (QED) is 0.895. The maximum absolute atomic E-state index is 12.5. The van der Waals surface area contributed by atoms with Gasteiger partial charge in [0.25, 0.3) is 0 Å². The van der Waals surface area contributed by atoms with E-state index in [-0.39, 0.29) is 11.3 Å². The predicted octanol–water partition coefficient (Wildman–Crippen LogP) is 3.31. The number of rotatable bonds is 2. The highest BCUT2D eigenvalue weighted by Gasteiger charge is 2.37. The molecule has 2 amide bonds. The molecule has 24 heavy (non-hydrogen) atoms. The largest absolute Gasteiger partial charge is 0.444 e. The van der Waals surface area contributed by atoms with Crippen LogP contribution in [0.25, 0.3) is 0 Å². The van der Waals surface area contributed by atoms with Crippen LogP contribution in [0.3, 0.4) is 0 Å². The lowest BCUT2D eigenvalue weighted by atomic mass is 9.93. The molecule has 1 fully saturated rings. The molecule has 1 saturated heterocycles. The molecule has 7 heteroatoms. The minimum Gasteiger partial charge on any atom is -0.444 e. The Hall–Kier alpha value is -2.05. The molecule has 134 valence electrons. The van der Waals surface area contributed by atoms with Crippen LogP contribution in [0.2, 0.25) is 0 Å². The number of likely N-dealkylation sites (tertiary alicyclic amines) is 1. The highest BCUT2D eigenvalue weighted by Crippen LogP contribution is 2.26. The highest BCUT2D eigenvalue weighted by molar-refractivity contribution is 5.96. The molecular formula is C17H27N3O4. The average molecular weight is 337 g/mol. The van der Waals surface area contributed by atoms with Crippen LogP contribution < -0.4 is 5.32 Å². The van der Waals surface area contributed by atoms with Gasteiger partial charge in [-0.15, -0.1) is 0 Å². The zero-order chi connectivity index (χ0) is 18.1. The number of ether oxygens (including phenoxy) is 1. The van der Waals surface area contributed by atoms with Crippen LogP contribution in [-0.2, 0) is 14.9 Å². The van der Waals surface area contributed by atoms with E-state index in [1.165, 1.54) is 4.90 Å². The van der Waals surface area contributed by atoms with Gasteiger partial charge < -0.3 is 14.6 Å². The average Bonchev–Trinajstić information content (AvgIpc) is 3.03. The Morgan fingerprint density at radius 1 is 1.29 bits per heavy atom. The van der Waals surface area contributed by atoms with Crippen LogP contribution in [0.1, 0.15) is 60.1 Å². The molecule has 1 N–H and O–H groups in total. The summed E-state index contributed by atoms with van der Waals surface area (Å²) in [6.07, 6.45) is 0.911. The Morgan fingerprint density at radius 2 is 1.96 bits per heavy atom. The molecule has 0 spiro atoms. The molecule has 2 heterocycles. The first kappa shape index (κ1) is 18.3. The number of carbonyl (C=O) groups is 2. The van der Waals surface area contributed by atoms with Gasteiger partial charge >= 0.3 is 6.09 Å². The van der Waals surface area contributed by atoms with Gasteiger partial charge in [-0.05, 0) is 33.6 Å². The van der Waals surface area contributed by atoms with Gasteiger partial charge in [-0.25, -0.2) is 4.79 Å². The van der Waals surface area contributed by atoms with Crippen molar-refractivity contribution in [1.29, 1.82) is 0 Å². The van der Waals surface area contributed by atoms with E-state index in [0.717, 1.165) is 6.42 Å². The molecule has 0 saturated carbocycles. The Labute approximate surface area is 142 Å². The fraction of sp³-hybridized carbons (Fsp3) is 0.706. The summed E-state index contributed by atoms with van der Waals surface area (Å²) >= 11 is 0. The summed E-state index contributed by atoms with van der Waals surface area (Å²) in [6, 6.07) is 1.17. The number of carbonyl (C=O) groups excluding carboxylic acids is 2. The van der Waals surface area contributed by atoms with Gasteiger partial charge in [0.05, 0.1) is 0 Å². The summed E-state index contributed by atoms with van der Waals surface area (Å²) in [6.45, 7) is 11.9. The Balaban J connectivity index is 2.03. The minimum absolute atomic E-state index is 0.189. The molecule has 0 aromatic carbocycles. The first-order chi connectivity index (χ1) is 11.0. The van der Waals surface area contributed by atoms with Crippen LogP contribution in [0.15, 0.2) is 10.6 Å². The molecule has 1 aromatic heterocycles. The predicted molar refractivity (Wildman–Crippen MR) is 89.8 cm³/mol. The zero-order valence-corrected chi connectivity index (χ0v) is 15.3. The van der Waals surface area contributed by atoms with Crippen molar-refractivity contribution in [1.82, 2.24) is 10.1 Å². The molecule has 2 rings (SSSR count). The Bertz CT molecular complexity index is 610. The standard InChI is InChI=1S/C17H27N3O4/c1-16(2,3)12-10-13(19-24-12)18-14(21)11-8-7-9-20(11)15(22)23-17(4,5)6/h10-11H,7-9H2,1-6H3,(H,18,19,21). The normalized spacial score (nSPS) is 18.6. The Kier molecular flexibility index (Phi) is 4.92. The second-order valence-corrected chi connectivity index (χ2v) is 8.15. The van der Waals surface area contributed by atoms with E-state index >= 15 is 0 Å². The third kappa shape index (κ3) is 4.49. The summed E-state index contributed by atoms with van der Waals surface area (Å²) in [5.74, 6) is 0.779. The van der Waals surface area contributed by atoms with Crippen LogP contribution in [0.4, 0.5) is 10.6 Å². The van der Waals surface area contributed by atoms with Crippen molar-refractivity contribution in [3.8, 4) is 0 Å². The lowest BCUT2D eigenvalue weighted by Crippen LogP contribution is -2.45. The van der Waals surface area contributed by atoms with Crippen molar-refractivity contribution in [3.63, 3.8) is 0 Å². The van der Waals surface area contributed by atoms with Crippen LogP contribution in [0.5, 0.6) is 0 Å². The molecule has 1 aromatic rings. The van der Waals surface area contributed by atoms with Crippen molar-refractivity contribution in [3.05, 3.63) is 11.8 Å². The summed E-state index contributed by atoms with van der Waals surface area (Å²) in [5.41, 5.74) is -0.777. The molecule has 0 radical (unpaired) electrons. The van der Waals surface area contributed by atoms with E-state index in [9.17, 15) is 9.59 Å². The number of amides is 2. The first-order valence-corrected chi connectivity index (χ1v) is 8.25. The van der Waals surface area contributed by atoms with Gasteiger partial charge in [0, 0.05) is 18.0 Å². The van der Waals surface area contributed by atoms with E-state index in [1.807, 2.05) is 20.8 Å². The molecule has 7 nitrogen and oxygen atoms in total. The fourth-order valence-electron chi connectivity index (χ4n) is 2.48. The maximum Gasteiger partial charge on any atom is 0.410 e. The lowest BCUT2D eigenvalue weighted by Gasteiger charge is -2.27. The summed E-state index contributed by atoms with van der Waals surface area (Å²) in [5, 5.41) is 6.61. The molecule has 1 atom stereocenters. The Morgan fingerprint density at radius 3 is 2.50 bits per heavy atom. The maximum atomic E-state index is 12.5.